The summed E-state index contributed by atoms with van der Waals surface area (Å²) >= 11 is -1.19. The average molecular weight is 263 g/mol. The van der Waals surface area contributed by atoms with Crippen LogP contribution in [0.3, 0.4) is 0 Å². The van der Waals surface area contributed by atoms with Crippen LogP contribution in [0.1, 0.15) is 10.4 Å². The molecule has 0 N–H and O–H groups in total. The van der Waals surface area contributed by atoms with Crippen molar-refractivity contribution in [2.45, 2.75) is 0 Å². The maximum atomic E-state index is 10.4. The molecule has 0 aliphatic heterocycles. The predicted molar refractivity (Wildman–Crippen MR) is 44.2 cm³/mol. The minimum Gasteiger partial charge on any atom is -0.545 e. The zero-order valence-electron chi connectivity index (χ0n) is 5.41. The van der Waals surface area contributed by atoms with Crippen molar-refractivity contribution < 1.29 is 13.0 Å². The van der Waals surface area contributed by atoms with Gasteiger partial charge in [-0.2, -0.15) is 0 Å². The molecule has 0 saturated carbocycles. The third-order valence-electron chi connectivity index (χ3n) is 1.17. The van der Waals surface area contributed by atoms with E-state index in [0.717, 1.165) is 0 Å². The molecule has 0 unspecified atom stereocenters. The quantitative estimate of drug-likeness (QED) is 0.731. The lowest BCUT2D eigenvalue weighted by Gasteiger charge is -1.99. The van der Waals surface area contributed by atoms with Crippen LogP contribution in [-0.4, -0.2) is 5.97 Å². The number of rotatable bonds is 2. The van der Waals surface area contributed by atoms with Crippen molar-refractivity contribution >= 4 is 27.2 Å². The molecule has 3 nitrogen and oxygen atoms in total. The zero-order chi connectivity index (χ0) is 8.27. The molecule has 1 aromatic rings. The molecule has 0 saturated heterocycles. The monoisotopic (exact) mass is 263 g/mol. The summed E-state index contributed by atoms with van der Waals surface area (Å²) in [7, 11) is 0. The Morgan fingerprint density at radius 2 is 1.82 bits per heavy atom. The fourth-order valence-corrected chi connectivity index (χ4v) is 1.29. The molecular formula is C7H4IO3-. The third-order valence-corrected chi connectivity index (χ3v) is 2.40. The Morgan fingerprint density at radius 3 is 2.18 bits per heavy atom. The lowest BCUT2D eigenvalue weighted by atomic mass is 10.2. The van der Waals surface area contributed by atoms with Gasteiger partial charge in [0.05, 0.1) is 5.97 Å². The van der Waals surface area contributed by atoms with Gasteiger partial charge in [0, 0.05) is 3.57 Å². The van der Waals surface area contributed by atoms with Crippen molar-refractivity contribution in [3.63, 3.8) is 0 Å². The van der Waals surface area contributed by atoms with E-state index in [1.54, 1.807) is 0 Å². The van der Waals surface area contributed by atoms with E-state index in [4.69, 9.17) is 0 Å². The van der Waals surface area contributed by atoms with Crippen LogP contribution in [-0.2, 0) is 3.07 Å². The fraction of sp³-hybridized carbons (Fsp3) is 0. The summed E-state index contributed by atoms with van der Waals surface area (Å²) in [5.41, 5.74) is 0.117. The van der Waals surface area contributed by atoms with Gasteiger partial charge in [-0.15, -0.1) is 0 Å². The Labute approximate surface area is 73.7 Å². The lowest BCUT2D eigenvalue weighted by Crippen LogP contribution is -2.21. The number of hydrogen-bond acceptors (Lipinski definition) is 3. The van der Waals surface area contributed by atoms with Crippen LogP contribution < -0.4 is 5.11 Å². The summed E-state index contributed by atoms with van der Waals surface area (Å²) in [5.74, 6) is -1.21. The highest BCUT2D eigenvalue weighted by Gasteiger charge is 1.92. The predicted octanol–water partition coefficient (Wildman–Crippen LogP) is 0.536. The Bertz CT molecular complexity index is 278. The van der Waals surface area contributed by atoms with Gasteiger partial charge in [-0.25, -0.2) is 0 Å². The van der Waals surface area contributed by atoms with E-state index >= 15 is 0 Å². The van der Waals surface area contributed by atoms with E-state index in [-0.39, 0.29) is 5.56 Å². The Hall–Kier alpha value is -0.780. The summed E-state index contributed by atoms with van der Waals surface area (Å²) in [6, 6.07) is 5.85. The molecule has 0 aliphatic rings. The van der Waals surface area contributed by atoms with Gasteiger partial charge in [-0.1, -0.05) is 12.1 Å². The minimum atomic E-state index is -1.21. The first-order chi connectivity index (χ1) is 5.24. The summed E-state index contributed by atoms with van der Waals surface area (Å²) in [6.45, 7) is 0. The second-order valence-electron chi connectivity index (χ2n) is 1.87. The SMILES string of the molecule is O=Ic1ccc(C(=O)[O-])cc1. The van der Waals surface area contributed by atoms with Crippen LogP contribution in [0.25, 0.3) is 0 Å². The maximum Gasteiger partial charge on any atom is 0.182 e. The van der Waals surface area contributed by atoms with Crippen molar-refractivity contribution in [1.82, 2.24) is 0 Å². The van der Waals surface area contributed by atoms with Gasteiger partial charge in [0.1, 0.15) is 0 Å². The molecule has 0 fully saturated rings. The highest BCUT2D eigenvalue weighted by molar-refractivity contribution is 14.1. The number of halogens is 1. The first-order valence-electron chi connectivity index (χ1n) is 2.82. The normalized spacial score (nSPS) is 9.45. The summed E-state index contributed by atoms with van der Waals surface area (Å²) < 4.78 is 11.0. The molecule has 58 valence electrons. The summed E-state index contributed by atoms with van der Waals surface area (Å²) in [4.78, 5) is 10.2. The minimum absolute atomic E-state index is 0.117. The van der Waals surface area contributed by atoms with Gasteiger partial charge < -0.3 is 9.90 Å². The van der Waals surface area contributed by atoms with Crippen molar-refractivity contribution in [3.8, 4) is 0 Å². The number of carboxylic acid groups (broad SMARTS) is 1. The van der Waals surface area contributed by atoms with Crippen LogP contribution in [0.4, 0.5) is 0 Å². The van der Waals surface area contributed by atoms with Gasteiger partial charge in [0.25, 0.3) is 0 Å². The Balaban J connectivity index is 3.00. The summed E-state index contributed by atoms with van der Waals surface area (Å²) in [6.07, 6.45) is 0. The van der Waals surface area contributed by atoms with Crippen molar-refractivity contribution in [3.05, 3.63) is 33.4 Å². The number of carboxylic acids is 1. The second kappa shape index (κ2) is 3.56. The van der Waals surface area contributed by atoms with Crippen molar-refractivity contribution in [2.24, 2.45) is 0 Å². The van der Waals surface area contributed by atoms with E-state index in [9.17, 15) is 13.0 Å². The van der Waals surface area contributed by atoms with Crippen LogP contribution >= 0.6 is 21.2 Å². The molecule has 0 amide bonds. The van der Waals surface area contributed by atoms with E-state index in [0.29, 0.717) is 3.57 Å². The molecule has 11 heavy (non-hydrogen) atoms. The van der Waals surface area contributed by atoms with Crippen LogP contribution in [0, 0.1) is 3.57 Å². The van der Waals surface area contributed by atoms with Gasteiger partial charge in [0.2, 0.25) is 0 Å². The van der Waals surface area contributed by atoms with E-state index < -0.39 is 27.2 Å². The number of aromatic carboxylic acids is 1. The lowest BCUT2D eigenvalue weighted by molar-refractivity contribution is -0.255. The maximum absolute atomic E-state index is 10.4. The van der Waals surface area contributed by atoms with Crippen molar-refractivity contribution in [1.29, 1.82) is 0 Å². The Morgan fingerprint density at radius 1 is 1.27 bits per heavy atom. The molecule has 0 spiro atoms. The zero-order valence-corrected chi connectivity index (χ0v) is 7.57. The standard InChI is InChI=1S/C7H5IO3/c9-7(10)5-1-3-6(8-11)4-2-5/h1-4H,(H,9,10)/p-1. The number of hydrogen-bond donors (Lipinski definition) is 0. The fourth-order valence-electron chi connectivity index (χ4n) is 0.637. The molecule has 1 rings (SSSR count). The van der Waals surface area contributed by atoms with Gasteiger partial charge in [-0.05, 0) is 17.7 Å². The highest BCUT2D eigenvalue weighted by atomic mass is 127. The van der Waals surface area contributed by atoms with E-state index in [1.165, 1.54) is 24.3 Å². The number of carbonyl (C=O) groups excluding carboxylic acids is 1. The average Bonchev–Trinajstić information content (AvgIpc) is 2.05. The Kier molecular flexibility index (Phi) is 2.70. The molecule has 0 aromatic heterocycles. The molecule has 0 aliphatic carbocycles. The number of carbonyl (C=O) groups is 1. The summed E-state index contributed by atoms with van der Waals surface area (Å²) in [5, 5.41) is 10.2. The van der Waals surface area contributed by atoms with E-state index in [1.807, 2.05) is 0 Å². The van der Waals surface area contributed by atoms with Crippen molar-refractivity contribution in [2.75, 3.05) is 0 Å². The third kappa shape index (κ3) is 2.07. The van der Waals surface area contributed by atoms with Gasteiger partial charge >= 0.3 is 0 Å². The molecule has 4 heteroatoms. The van der Waals surface area contributed by atoms with Gasteiger partial charge in [0.15, 0.2) is 21.2 Å². The molecule has 0 radical (unpaired) electrons. The first-order valence-corrected chi connectivity index (χ1v) is 4.78. The molecule has 1 aromatic carbocycles. The topological polar surface area (TPSA) is 57.2 Å². The van der Waals surface area contributed by atoms with Crippen LogP contribution in [0.15, 0.2) is 24.3 Å². The van der Waals surface area contributed by atoms with Crippen LogP contribution in [0.2, 0.25) is 0 Å². The second-order valence-corrected chi connectivity index (χ2v) is 3.56. The molecule has 0 heterocycles. The largest absolute Gasteiger partial charge is 0.545 e. The smallest absolute Gasteiger partial charge is 0.182 e. The van der Waals surface area contributed by atoms with Crippen LogP contribution in [0.5, 0.6) is 0 Å². The van der Waals surface area contributed by atoms with E-state index in [2.05, 4.69) is 0 Å². The number of benzene rings is 1. The highest BCUT2D eigenvalue weighted by Crippen LogP contribution is 2.09. The molecular weight excluding hydrogens is 259 g/mol. The first kappa shape index (κ1) is 8.32. The molecule has 0 atom stereocenters. The van der Waals surface area contributed by atoms with Gasteiger partial charge in [-0.3, -0.25) is 3.07 Å². The molecule has 0 bridgehead atoms.